The van der Waals surface area contributed by atoms with Gasteiger partial charge in [0.15, 0.2) is 0 Å². The monoisotopic (exact) mass is 327 g/mol. The van der Waals surface area contributed by atoms with E-state index in [-0.39, 0.29) is 11.9 Å². The average Bonchev–Trinajstić information content (AvgIpc) is 2.89. The van der Waals surface area contributed by atoms with Crippen molar-refractivity contribution in [1.82, 2.24) is 0 Å². The van der Waals surface area contributed by atoms with Crippen LogP contribution in [0, 0.1) is 5.82 Å². The zero-order valence-corrected chi connectivity index (χ0v) is 12.9. The third kappa shape index (κ3) is 3.13. The molecule has 120 valence electrons. The van der Waals surface area contributed by atoms with Crippen LogP contribution in [-0.2, 0) is 9.47 Å². The number of anilines is 2. The molecule has 0 aromatic heterocycles. The number of halogens is 1. The Bertz CT molecular complexity index is 554. The number of cyclic esters (lactones) is 1. The number of nitrogens with zero attached hydrogens (tertiary/aromatic N) is 2. The van der Waals surface area contributed by atoms with Gasteiger partial charge in [-0.05, 0) is 18.2 Å². The van der Waals surface area contributed by atoms with Gasteiger partial charge < -0.3 is 14.4 Å². The summed E-state index contributed by atoms with van der Waals surface area (Å²) >= 11 is 1.13. The van der Waals surface area contributed by atoms with Gasteiger partial charge in [-0.2, -0.15) is 0 Å². The largest absolute Gasteiger partial charge is 0.443 e. The van der Waals surface area contributed by atoms with Gasteiger partial charge in [0.1, 0.15) is 11.9 Å². The highest BCUT2D eigenvalue weighted by molar-refractivity contribution is 7.97. The van der Waals surface area contributed by atoms with Crippen LogP contribution in [0.1, 0.15) is 0 Å². The van der Waals surface area contributed by atoms with Crippen molar-refractivity contribution in [2.75, 3.05) is 48.4 Å². The van der Waals surface area contributed by atoms with Crippen molar-refractivity contribution in [2.24, 2.45) is 5.14 Å². The predicted molar refractivity (Wildman–Crippen MR) is 83.7 cm³/mol. The summed E-state index contributed by atoms with van der Waals surface area (Å²) < 4.78 is 24.8. The number of carbonyl (C=O) groups excluding carboxylic acids is 1. The molecule has 0 spiro atoms. The summed E-state index contributed by atoms with van der Waals surface area (Å²) in [4.78, 5) is 15.2. The van der Waals surface area contributed by atoms with Gasteiger partial charge in [0.2, 0.25) is 0 Å². The first kappa shape index (κ1) is 15.4. The van der Waals surface area contributed by atoms with Crippen molar-refractivity contribution in [1.29, 1.82) is 0 Å². The molecule has 0 saturated carbocycles. The van der Waals surface area contributed by atoms with Crippen LogP contribution < -0.4 is 14.9 Å². The number of ether oxygens (including phenoxy) is 2. The Morgan fingerprint density at radius 2 is 2.14 bits per heavy atom. The molecule has 0 aliphatic carbocycles. The fourth-order valence-corrected chi connectivity index (χ4v) is 3.04. The molecule has 2 aliphatic heterocycles. The van der Waals surface area contributed by atoms with Crippen molar-refractivity contribution >= 4 is 29.4 Å². The Hall–Kier alpha value is -1.51. The Morgan fingerprint density at radius 3 is 2.82 bits per heavy atom. The molecule has 1 aromatic rings. The molecule has 2 N–H and O–H groups in total. The number of carbonyl (C=O) groups is 1. The van der Waals surface area contributed by atoms with Crippen LogP contribution in [0.15, 0.2) is 18.2 Å². The molecule has 8 heteroatoms. The molecule has 0 unspecified atom stereocenters. The van der Waals surface area contributed by atoms with Gasteiger partial charge in [-0.3, -0.25) is 10.0 Å². The van der Waals surface area contributed by atoms with Crippen molar-refractivity contribution in [3.63, 3.8) is 0 Å². The summed E-state index contributed by atoms with van der Waals surface area (Å²) in [7, 11) is 0. The third-order valence-electron chi connectivity index (χ3n) is 3.75. The lowest BCUT2D eigenvalue weighted by molar-refractivity contribution is 0.122. The maximum Gasteiger partial charge on any atom is 0.414 e. The summed E-state index contributed by atoms with van der Waals surface area (Å²) in [6.45, 7) is 2.91. The van der Waals surface area contributed by atoms with Gasteiger partial charge in [0.05, 0.1) is 31.1 Å². The highest BCUT2D eigenvalue weighted by atomic mass is 32.2. The SMILES string of the molecule is NSC[C@H]1CN(c2ccc(N3CCOCC3)c(F)c2)C(=O)O1. The van der Waals surface area contributed by atoms with Crippen LogP contribution in [0.2, 0.25) is 0 Å². The van der Waals surface area contributed by atoms with E-state index >= 15 is 0 Å². The number of hydrogen-bond acceptors (Lipinski definition) is 6. The van der Waals surface area contributed by atoms with Gasteiger partial charge in [0.25, 0.3) is 0 Å². The number of morpholine rings is 1. The molecule has 1 aromatic carbocycles. The quantitative estimate of drug-likeness (QED) is 0.847. The smallest absolute Gasteiger partial charge is 0.414 e. The molecule has 6 nitrogen and oxygen atoms in total. The number of rotatable bonds is 4. The zero-order chi connectivity index (χ0) is 15.5. The first-order valence-corrected chi connectivity index (χ1v) is 8.16. The second-order valence-corrected chi connectivity index (χ2v) is 5.85. The number of hydrogen-bond donors (Lipinski definition) is 1. The third-order valence-corrected chi connectivity index (χ3v) is 4.32. The maximum absolute atomic E-state index is 14.4. The van der Waals surface area contributed by atoms with Crippen LogP contribution in [0.4, 0.5) is 20.6 Å². The van der Waals surface area contributed by atoms with Crippen LogP contribution in [0.3, 0.4) is 0 Å². The Balaban J connectivity index is 1.75. The summed E-state index contributed by atoms with van der Waals surface area (Å²) in [5, 5.41) is 5.40. The zero-order valence-electron chi connectivity index (χ0n) is 12.0. The van der Waals surface area contributed by atoms with Gasteiger partial charge in [-0.25, -0.2) is 9.18 Å². The van der Waals surface area contributed by atoms with Crippen LogP contribution in [0.25, 0.3) is 0 Å². The van der Waals surface area contributed by atoms with Crippen LogP contribution in [0.5, 0.6) is 0 Å². The summed E-state index contributed by atoms with van der Waals surface area (Å²) in [5.41, 5.74) is 1.04. The lowest BCUT2D eigenvalue weighted by atomic mass is 10.2. The Labute approximate surface area is 132 Å². The summed E-state index contributed by atoms with van der Waals surface area (Å²) in [5.74, 6) is 0.181. The molecule has 1 amide bonds. The standard InChI is InChI=1S/C14H18FN3O3S/c15-12-7-10(18-8-11(9-22-16)21-14(18)19)1-2-13(12)17-3-5-20-6-4-17/h1-2,7,11H,3-6,8-9,16H2/t11-/m1/s1. The summed E-state index contributed by atoms with van der Waals surface area (Å²) in [6, 6.07) is 4.82. The second-order valence-electron chi connectivity index (χ2n) is 5.18. The maximum atomic E-state index is 14.4. The minimum absolute atomic E-state index is 0.260. The minimum Gasteiger partial charge on any atom is -0.443 e. The molecule has 2 aliphatic rings. The van der Waals surface area contributed by atoms with E-state index in [4.69, 9.17) is 14.6 Å². The van der Waals surface area contributed by atoms with Crippen molar-refractivity contribution in [3.8, 4) is 0 Å². The molecule has 2 heterocycles. The topological polar surface area (TPSA) is 68.0 Å². The van der Waals surface area contributed by atoms with E-state index in [1.54, 1.807) is 12.1 Å². The Morgan fingerprint density at radius 1 is 1.36 bits per heavy atom. The fraction of sp³-hybridized carbons (Fsp3) is 0.500. The van der Waals surface area contributed by atoms with E-state index in [0.29, 0.717) is 50.0 Å². The van der Waals surface area contributed by atoms with Crippen LogP contribution in [-0.4, -0.2) is 50.8 Å². The molecule has 3 rings (SSSR count). The van der Waals surface area contributed by atoms with Crippen LogP contribution >= 0.6 is 11.9 Å². The van der Waals surface area contributed by atoms with Gasteiger partial charge in [-0.1, -0.05) is 11.9 Å². The van der Waals surface area contributed by atoms with E-state index in [9.17, 15) is 9.18 Å². The molecule has 1 atom stereocenters. The molecule has 0 radical (unpaired) electrons. The summed E-state index contributed by atoms with van der Waals surface area (Å²) in [6.07, 6.45) is -0.720. The molecule has 2 saturated heterocycles. The Kier molecular flexibility index (Phi) is 4.70. The van der Waals surface area contributed by atoms with E-state index in [0.717, 1.165) is 11.9 Å². The lowest BCUT2D eigenvalue weighted by Crippen LogP contribution is -2.36. The van der Waals surface area contributed by atoms with Gasteiger partial charge in [0, 0.05) is 18.8 Å². The minimum atomic E-state index is -0.461. The number of amides is 1. The van der Waals surface area contributed by atoms with E-state index in [1.165, 1.54) is 11.0 Å². The number of benzene rings is 1. The van der Waals surface area contributed by atoms with Gasteiger partial charge in [-0.15, -0.1) is 0 Å². The first-order valence-electron chi connectivity index (χ1n) is 7.11. The lowest BCUT2D eigenvalue weighted by Gasteiger charge is -2.29. The predicted octanol–water partition coefficient (Wildman–Crippen LogP) is 1.59. The van der Waals surface area contributed by atoms with Gasteiger partial charge >= 0.3 is 6.09 Å². The molecular formula is C14H18FN3O3S. The normalized spacial score (nSPS) is 22.1. The molecule has 22 heavy (non-hydrogen) atoms. The van der Waals surface area contributed by atoms with E-state index in [2.05, 4.69) is 0 Å². The first-order chi connectivity index (χ1) is 10.7. The highest BCUT2D eigenvalue weighted by Gasteiger charge is 2.32. The van der Waals surface area contributed by atoms with Crippen molar-refractivity contribution < 1.29 is 18.7 Å². The molecule has 2 fully saturated rings. The second kappa shape index (κ2) is 6.72. The van der Waals surface area contributed by atoms with Crippen molar-refractivity contribution in [3.05, 3.63) is 24.0 Å². The van der Waals surface area contributed by atoms with E-state index < -0.39 is 6.09 Å². The fourth-order valence-electron chi connectivity index (χ4n) is 2.65. The molecule has 0 bridgehead atoms. The van der Waals surface area contributed by atoms with Crippen molar-refractivity contribution in [2.45, 2.75) is 6.10 Å². The molecular weight excluding hydrogens is 309 g/mol. The average molecular weight is 327 g/mol. The number of nitrogens with two attached hydrogens (primary N) is 1. The van der Waals surface area contributed by atoms with E-state index in [1.807, 2.05) is 4.90 Å². The highest BCUT2D eigenvalue weighted by Crippen LogP contribution is 2.28.